The lowest BCUT2D eigenvalue weighted by Crippen LogP contribution is -2.49. The fourth-order valence-corrected chi connectivity index (χ4v) is 4.50. The summed E-state index contributed by atoms with van der Waals surface area (Å²) in [6.45, 7) is -0.887. The van der Waals surface area contributed by atoms with Gasteiger partial charge in [0.15, 0.2) is 17.2 Å². The second-order valence-electron chi connectivity index (χ2n) is 7.82. The zero-order valence-electron chi connectivity index (χ0n) is 18.3. The first-order chi connectivity index (χ1) is 15.7. The Kier molecular flexibility index (Phi) is 6.82. The molecule has 0 bridgehead atoms. The third-order valence-corrected chi connectivity index (χ3v) is 6.78. The number of nitrogens with one attached hydrogen (secondary N) is 2. The highest BCUT2D eigenvalue weighted by Crippen LogP contribution is 2.47. The summed E-state index contributed by atoms with van der Waals surface area (Å²) in [5, 5.41) is 2.45. The van der Waals surface area contributed by atoms with Crippen molar-refractivity contribution in [3.63, 3.8) is 0 Å². The molecule has 0 radical (unpaired) electrons. The molecule has 0 saturated carbocycles. The smallest absolute Gasteiger partial charge is 0.419 e. The molecule has 1 heterocycles. The van der Waals surface area contributed by atoms with Crippen molar-refractivity contribution in [2.24, 2.45) is 0 Å². The maximum Gasteiger partial charge on any atom is 0.419 e. The number of methoxy groups -OCH3 is 2. The highest BCUT2D eigenvalue weighted by molar-refractivity contribution is 7.91. The number of rotatable bonds is 6. The summed E-state index contributed by atoms with van der Waals surface area (Å²) >= 11 is 0. The minimum atomic E-state index is -4.89. The molecule has 186 valence electrons. The lowest BCUT2D eigenvalue weighted by Gasteiger charge is -2.31. The fourth-order valence-electron chi connectivity index (χ4n) is 3.81. The Hall–Kier alpha value is -2.93. The topological polar surface area (TPSA) is 91.7 Å². The average Bonchev–Trinajstić information content (AvgIpc) is 3.16. The van der Waals surface area contributed by atoms with E-state index >= 15 is 0 Å². The minimum absolute atomic E-state index is 0.100. The van der Waals surface area contributed by atoms with E-state index in [9.17, 15) is 31.0 Å². The predicted octanol–water partition coefficient (Wildman–Crippen LogP) is 4.17. The van der Waals surface area contributed by atoms with Crippen molar-refractivity contribution in [2.45, 2.75) is 29.1 Å². The molecule has 7 nitrogen and oxygen atoms in total. The first kappa shape index (κ1) is 25.7. The van der Waals surface area contributed by atoms with Crippen molar-refractivity contribution in [3.8, 4) is 5.75 Å². The van der Waals surface area contributed by atoms with Gasteiger partial charge in [0.05, 0.1) is 29.1 Å². The third-order valence-electron chi connectivity index (χ3n) is 5.63. The van der Waals surface area contributed by atoms with Gasteiger partial charge in [-0.05, 0) is 30.3 Å². The van der Waals surface area contributed by atoms with Gasteiger partial charge in [0.25, 0.3) is 0 Å². The van der Waals surface area contributed by atoms with E-state index < -0.39 is 63.8 Å². The monoisotopic (exact) mass is 507 g/mol. The van der Waals surface area contributed by atoms with Gasteiger partial charge in [-0.1, -0.05) is 6.07 Å². The van der Waals surface area contributed by atoms with Crippen LogP contribution in [0.5, 0.6) is 5.75 Å². The third kappa shape index (κ3) is 4.67. The molecule has 2 aromatic carbocycles. The molecule has 1 aliphatic rings. The molecule has 3 atom stereocenters. The number of nitrogens with zero attached hydrogens (tertiary/aromatic N) is 1. The van der Waals surface area contributed by atoms with Crippen molar-refractivity contribution >= 4 is 27.0 Å². The van der Waals surface area contributed by atoms with Crippen LogP contribution in [0.25, 0.3) is 0 Å². The SMILES string of the molecule is COc1c(N2C[C@](OC)(C(F)(F)F)C[C@H]2C(=O)Nc2cccc([S@](C)(=N)=O)c2)ccc(F)c1F. The predicted molar refractivity (Wildman–Crippen MR) is 115 cm³/mol. The molecular formula is C21H22F5N3O4S. The Balaban J connectivity index is 2.06. The van der Waals surface area contributed by atoms with Crippen LogP contribution in [0.2, 0.25) is 0 Å². The first-order valence-electron chi connectivity index (χ1n) is 9.79. The van der Waals surface area contributed by atoms with E-state index in [0.717, 1.165) is 31.3 Å². The van der Waals surface area contributed by atoms with Crippen molar-refractivity contribution in [3.05, 3.63) is 48.0 Å². The van der Waals surface area contributed by atoms with E-state index in [4.69, 9.17) is 14.3 Å². The molecule has 13 heteroatoms. The summed E-state index contributed by atoms with van der Waals surface area (Å²) in [6, 6.07) is 5.76. The number of alkyl halides is 3. The van der Waals surface area contributed by atoms with Gasteiger partial charge in [-0.2, -0.15) is 17.6 Å². The summed E-state index contributed by atoms with van der Waals surface area (Å²) in [6.07, 6.45) is -4.55. The van der Waals surface area contributed by atoms with Crippen LogP contribution in [0.15, 0.2) is 41.3 Å². The molecule has 1 aliphatic heterocycles. The molecule has 1 saturated heterocycles. The zero-order chi connectivity index (χ0) is 25.5. The second kappa shape index (κ2) is 9.02. The summed E-state index contributed by atoms with van der Waals surface area (Å²) in [4.78, 5) is 14.2. The second-order valence-corrected chi connectivity index (χ2v) is 9.98. The van der Waals surface area contributed by atoms with E-state index in [-0.39, 0.29) is 16.3 Å². The van der Waals surface area contributed by atoms with Crippen molar-refractivity contribution in [1.29, 1.82) is 4.78 Å². The van der Waals surface area contributed by atoms with Gasteiger partial charge in [0.2, 0.25) is 11.7 Å². The number of ether oxygens (including phenoxy) is 2. The highest BCUT2D eigenvalue weighted by atomic mass is 32.2. The number of carbonyl (C=O) groups is 1. The summed E-state index contributed by atoms with van der Waals surface area (Å²) < 4.78 is 99.4. The minimum Gasteiger partial charge on any atom is -0.491 e. The number of benzene rings is 2. The first-order valence-corrected chi connectivity index (χ1v) is 11.8. The normalized spacial score (nSPS) is 22.4. The van der Waals surface area contributed by atoms with Crippen LogP contribution in [0.3, 0.4) is 0 Å². The summed E-state index contributed by atoms with van der Waals surface area (Å²) in [5.74, 6) is -4.25. The molecular weight excluding hydrogens is 485 g/mol. The summed E-state index contributed by atoms with van der Waals surface area (Å²) in [5.41, 5.74) is -2.93. The molecule has 0 aliphatic carbocycles. The number of carbonyl (C=O) groups excluding carboxylic acids is 1. The Morgan fingerprint density at radius 1 is 1.24 bits per heavy atom. The maximum absolute atomic E-state index is 14.3. The van der Waals surface area contributed by atoms with Gasteiger partial charge in [0, 0.05) is 30.4 Å². The largest absolute Gasteiger partial charge is 0.491 e. The van der Waals surface area contributed by atoms with Crippen LogP contribution >= 0.6 is 0 Å². The van der Waals surface area contributed by atoms with E-state index in [2.05, 4.69) is 5.32 Å². The molecule has 1 fully saturated rings. The molecule has 1 amide bonds. The van der Waals surface area contributed by atoms with Crippen LogP contribution < -0.4 is 15.0 Å². The van der Waals surface area contributed by atoms with Crippen LogP contribution in [0, 0.1) is 16.4 Å². The van der Waals surface area contributed by atoms with Gasteiger partial charge in [0.1, 0.15) is 6.04 Å². The van der Waals surface area contributed by atoms with Gasteiger partial charge >= 0.3 is 6.18 Å². The van der Waals surface area contributed by atoms with Crippen molar-refractivity contribution < 1.29 is 40.4 Å². The Labute approximate surface area is 192 Å². The highest BCUT2D eigenvalue weighted by Gasteiger charge is 2.63. The van der Waals surface area contributed by atoms with E-state index in [1.165, 1.54) is 30.5 Å². The lowest BCUT2D eigenvalue weighted by molar-refractivity contribution is -0.261. The molecule has 2 N–H and O–H groups in total. The van der Waals surface area contributed by atoms with Gasteiger partial charge in [-0.15, -0.1) is 0 Å². The Bertz CT molecular complexity index is 1210. The molecule has 2 aromatic rings. The molecule has 0 aromatic heterocycles. The number of anilines is 2. The van der Waals surface area contributed by atoms with E-state index in [0.29, 0.717) is 0 Å². The Morgan fingerprint density at radius 3 is 2.47 bits per heavy atom. The van der Waals surface area contributed by atoms with E-state index in [1.54, 1.807) is 0 Å². The number of hydrogen-bond donors (Lipinski definition) is 2. The van der Waals surface area contributed by atoms with Gasteiger partial charge in [-0.25, -0.2) is 13.4 Å². The van der Waals surface area contributed by atoms with Crippen LogP contribution in [0.1, 0.15) is 6.42 Å². The Morgan fingerprint density at radius 2 is 1.91 bits per heavy atom. The number of amides is 1. The lowest BCUT2D eigenvalue weighted by atomic mass is 9.99. The average molecular weight is 507 g/mol. The zero-order valence-corrected chi connectivity index (χ0v) is 19.2. The van der Waals surface area contributed by atoms with Crippen LogP contribution in [-0.4, -0.2) is 55.0 Å². The van der Waals surface area contributed by atoms with Gasteiger partial charge < -0.3 is 19.7 Å². The molecule has 3 rings (SSSR count). The van der Waals surface area contributed by atoms with Crippen LogP contribution in [-0.2, 0) is 19.3 Å². The maximum atomic E-state index is 14.3. The molecule has 0 spiro atoms. The standard InChI is InChI=1S/C21H22F5N3O4S/c1-32-18-15(8-7-14(22)17(18)23)29-11-20(33-2,21(24,25)26)10-16(29)19(30)28-12-5-4-6-13(9-12)34(3,27)31/h4-9,16,27H,10-11H2,1-3H3,(H,28,30)/t16-,20-,34+/m0/s1. The number of hydrogen-bond acceptors (Lipinski definition) is 6. The summed E-state index contributed by atoms with van der Waals surface area (Å²) in [7, 11) is -1.24. The molecule has 34 heavy (non-hydrogen) atoms. The quantitative estimate of drug-likeness (QED) is 0.573. The van der Waals surface area contributed by atoms with Crippen molar-refractivity contribution in [2.75, 3.05) is 37.2 Å². The van der Waals surface area contributed by atoms with Crippen molar-refractivity contribution in [1.82, 2.24) is 0 Å². The van der Waals surface area contributed by atoms with E-state index in [1.807, 2.05) is 0 Å². The number of halogens is 5. The molecule has 0 unspecified atom stereocenters. The fraction of sp³-hybridized carbons (Fsp3) is 0.381. The van der Waals surface area contributed by atoms with Crippen LogP contribution in [0.4, 0.5) is 33.3 Å². The van der Waals surface area contributed by atoms with Gasteiger partial charge in [-0.3, -0.25) is 4.79 Å².